The Morgan fingerprint density at radius 1 is 1.33 bits per heavy atom. The van der Waals surface area contributed by atoms with Crippen molar-refractivity contribution in [1.82, 2.24) is 9.03 Å². The van der Waals surface area contributed by atoms with Crippen LogP contribution in [0.2, 0.25) is 0 Å². The predicted octanol–water partition coefficient (Wildman–Crippen LogP) is 1.48. The molecule has 0 aliphatic heterocycles. The van der Waals surface area contributed by atoms with Gasteiger partial charge in [0.2, 0.25) is 0 Å². The minimum Gasteiger partial charge on any atom is -0.198 e. The monoisotopic (exact) mass is 298 g/mol. The molecule has 1 rings (SSSR count). The zero-order chi connectivity index (χ0) is 11.5. The van der Waals surface area contributed by atoms with Gasteiger partial charge in [0, 0.05) is 24.0 Å². The molecule has 0 amide bonds. The van der Waals surface area contributed by atoms with Gasteiger partial charge in [-0.3, -0.25) is 0 Å². The molecule has 1 fully saturated rings. The van der Waals surface area contributed by atoms with E-state index in [0.29, 0.717) is 13.1 Å². The Kier molecular flexibility index (Phi) is 5.02. The Bertz CT molecular complexity index is 290. The lowest BCUT2D eigenvalue weighted by Gasteiger charge is -2.23. The quantitative estimate of drug-likeness (QED) is 0.782. The Morgan fingerprint density at radius 3 is 2.33 bits per heavy atom. The van der Waals surface area contributed by atoms with E-state index in [2.05, 4.69) is 20.7 Å². The first-order valence-corrected chi connectivity index (χ1v) is 7.78. The van der Waals surface area contributed by atoms with Crippen molar-refractivity contribution in [3.05, 3.63) is 0 Å². The molecule has 0 aromatic carbocycles. The van der Waals surface area contributed by atoms with E-state index < -0.39 is 10.2 Å². The van der Waals surface area contributed by atoms with Gasteiger partial charge in [-0.15, -0.1) is 0 Å². The smallest absolute Gasteiger partial charge is 0.198 e. The SMILES string of the molecule is CCN(CC)S(=O)(=O)NC1CCCC1Br. The van der Waals surface area contributed by atoms with E-state index in [0.717, 1.165) is 19.3 Å². The minimum atomic E-state index is -3.29. The van der Waals surface area contributed by atoms with Gasteiger partial charge in [-0.1, -0.05) is 36.2 Å². The molecule has 0 bridgehead atoms. The van der Waals surface area contributed by atoms with Crippen molar-refractivity contribution >= 4 is 26.1 Å². The molecule has 0 spiro atoms. The average molecular weight is 299 g/mol. The molecule has 15 heavy (non-hydrogen) atoms. The van der Waals surface area contributed by atoms with Gasteiger partial charge in [0.1, 0.15) is 0 Å². The maximum Gasteiger partial charge on any atom is 0.279 e. The first kappa shape index (κ1) is 13.4. The Morgan fingerprint density at radius 2 is 1.93 bits per heavy atom. The minimum absolute atomic E-state index is 0.0515. The van der Waals surface area contributed by atoms with Crippen molar-refractivity contribution in [1.29, 1.82) is 0 Å². The molecule has 2 unspecified atom stereocenters. The molecule has 1 saturated carbocycles. The highest BCUT2D eigenvalue weighted by molar-refractivity contribution is 9.09. The standard InChI is InChI=1S/C9H19BrN2O2S/c1-3-12(4-2)15(13,14)11-9-7-5-6-8(9)10/h8-9,11H,3-7H2,1-2H3. The zero-order valence-corrected chi connectivity index (χ0v) is 11.6. The third-order valence-corrected chi connectivity index (χ3v) is 5.67. The van der Waals surface area contributed by atoms with Crippen molar-refractivity contribution < 1.29 is 8.42 Å². The van der Waals surface area contributed by atoms with Gasteiger partial charge in [0.15, 0.2) is 0 Å². The van der Waals surface area contributed by atoms with Gasteiger partial charge in [-0.25, -0.2) is 0 Å². The van der Waals surface area contributed by atoms with E-state index in [1.54, 1.807) is 0 Å². The van der Waals surface area contributed by atoms with Crippen molar-refractivity contribution in [3.8, 4) is 0 Å². The fourth-order valence-electron chi connectivity index (χ4n) is 1.88. The number of nitrogens with one attached hydrogen (secondary N) is 1. The second-order valence-electron chi connectivity index (χ2n) is 3.76. The predicted molar refractivity (Wildman–Crippen MR) is 65.3 cm³/mol. The molecule has 1 N–H and O–H groups in total. The van der Waals surface area contributed by atoms with Crippen LogP contribution in [0.3, 0.4) is 0 Å². The fraction of sp³-hybridized carbons (Fsp3) is 1.00. The number of halogens is 1. The third kappa shape index (κ3) is 3.41. The number of alkyl halides is 1. The summed E-state index contributed by atoms with van der Waals surface area (Å²) in [5, 5.41) is 0. The van der Waals surface area contributed by atoms with Crippen LogP contribution in [0.4, 0.5) is 0 Å². The zero-order valence-electron chi connectivity index (χ0n) is 9.24. The summed E-state index contributed by atoms with van der Waals surface area (Å²) in [4.78, 5) is 0.280. The summed E-state index contributed by atoms with van der Waals surface area (Å²) in [6.45, 7) is 4.74. The summed E-state index contributed by atoms with van der Waals surface area (Å²) in [6.07, 6.45) is 3.06. The van der Waals surface area contributed by atoms with Crippen LogP contribution in [-0.4, -0.2) is 36.7 Å². The van der Waals surface area contributed by atoms with Gasteiger partial charge in [-0.2, -0.15) is 17.4 Å². The summed E-state index contributed by atoms with van der Waals surface area (Å²) < 4.78 is 28.0. The first-order chi connectivity index (χ1) is 7.01. The molecule has 0 saturated heterocycles. The molecule has 90 valence electrons. The van der Waals surface area contributed by atoms with Gasteiger partial charge >= 0.3 is 0 Å². The average Bonchev–Trinajstić information content (AvgIpc) is 2.52. The molecule has 4 nitrogen and oxygen atoms in total. The highest BCUT2D eigenvalue weighted by Gasteiger charge is 2.30. The fourth-order valence-corrected chi connectivity index (χ4v) is 4.27. The highest BCUT2D eigenvalue weighted by atomic mass is 79.9. The molecular weight excluding hydrogens is 280 g/mol. The van der Waals surface area contributed by atoms with Crippen LogP contribution < -0.4 is 4.72 Å². The van der Waals surface area contributed by atoms with Crippen LogP contribution in [0.25, 0.3) is 0 Å². The highest BCUT2D eigenvalue weighted by Crippen LogP contribution is 2.26. The normalized spacial score (nSPS) is 27.5. The molecular formula is C9H19BrN2O2S. The van der Waals surface area contributed by atoms with Crippen molar-refractivity contribution in [2.75, 3.05) is 13.1 Å². The number of hydrogen-bond acceptors (Lipinski definition) is 2. The second-order valence-corrected chi connectivity index (χ2v) is 6.64. The van der Waals surface area contributed by atoms with E-state index >= 15 is 0 Å². The van der Waals surface area contributed by atoms with E-state index in [1.165, 1.54) is 4.31 Å². The lowest BCUT2D eigenvalue weighted by Crippen LogP contribution is -2.46. The molecule has 1 aliphatic carbocycles. The summed E-state index contributed by atoms with van der Waals surface area (Å²) in [7, 11) is -3.29. The molecule has 6 heteroatoms. The Hall–Kier alpha value is 0.350. The van der Waals surface area contributed by atoms with E-state index in [1.807, 2.05) is 13.8 Å². The van der Waals surface area contributed by atoms with Crippen LogP contribution in [0, 0.1) is 0 Å². The maximum absolute atomic E-state index is 11.9. The van der Waals surface area contributed by atoms with Crippen LogP contribution in [0.15, 0.2) is 0 Å². The van der Waals surface area contributed by atoms with E-state index in [-0.39, 0.29) is 10.9 Å². The van der Waals surface area contributed by atoms with Gasteiger partial charge in [0.25, 0.3) is 10.2 Å². The largest absolute Gasteiger partial charge is 0.279 e. The maximum atomic E-state index is 11.9. The lowest BCUT2D eigenvalue weighted by molar-refractivity contribution is 0.426. The lowest BCUT2D eigenvalue weighted by atomic mass is 10.3. The van der Waals surface area contributed by atoms with Crippen molar-refractivity contribution in [3.63, 3.8) is 0 Å². The molecule has 2 atom stereocenters. The van der Waals surface area contributed by atoms with Crippen LogP contribution in [0.5, 0.6) is 0 Å². The molecule has 0 aromatic heterocycles. The van der Waals surface area contributed by atoms with E-state index in [4.69, 9.17) is 0 Å². The molecule has 0 aromatic rings. The van der Waals surface area contributed by atoms with Crippen molar-refractivity contribution in [2.45, 2.75) is 44.0 Å². The Labute approximate surface area is 101 Å². The summed E-state index contributed by atoms with van der Waals surface area (Å²) in [5.41, 5.74) is 0. The molecule has 0 heterocycles. The summed E-state index contributed by atoms with van der Waals surface area (Å²) in [5.74, 6) is 0. The Balaban J connectivity index is 2.62. The van der Waals surface area contributed by atoms with Crippen LogP contribution in [0.1, 0.15) is 33.1 Å². The van der Waals surface area contributed by atoms with Gasteiger partial charge in [0.05, 0.1) is 0 Å². The topological polar surface area (TPSA) is 49.4 Å². The van der Waals surface area contributed by atoms with E-state index in [9.17, 15) is 8.42 Å². The summed E-state index contributed by atoms with van der Waals surface area (Å²) in [6, 6.07) is 0.0515. The van der Waals surface area contributed by atoms with Crippen LogP contribution in [-0.2, 0) is 10.2 Å². The van der Waals surface area contributed by atoms with Crippen molar-refractivity contribution in [2.24, 2.45) is 0 Å². The summed E-state index contributed by atoms with van der Waals surface area (Å²) >= 11 is 3.50. The molecule has 1 aliphatic rings. The second kappa shape index (κ2) is 5.61. The van der Waals surface area contributed by atoms with Crippen LogP contribution >= 0.6 is 15.9 Å². The molecule has 0 radical (unpaired) electrons. The first-order valence-electron chi connectivity index (χ1n) is 5.42. The number of rotatable bonds is 5. The number of nitrogens with zero attached hydrogens (tertiary/aromatic N) is 1. The van der Waals surface area contributed by atoms with Gasteiger partial charge in [-0.05, 0) is 12.8 Å². The third-order valence-electron chi connectivity index (χ3n) is 2.78. The number of hydrogen-bond donors (Lipinski definition) is 1. The van der Waals surface area contributed by atoms with Gasteiger partial charge < -0.3 is 0 Å².